The highest BCUT2D eigenvalue weighted by Crippen LogP contribution is 2.39. The van der Waals surface area contributed by atoms with Crippen molar-refractivity contribution < 1.29 is 19.0 Å². The van der Waals surface area contributed by atoms with E-state index in [1.54, 1.807) is 19.1 Å². The summed E-state index contributed by atoms with van der Waals surface area (Å²) in [6.45, 7) is 2.07. The summed E-state index contributed by atoms with van der Waals surface area (Å²) in [5, 5.41) is 0.346. The Balaban J connectivity index is 0.00000361. The lowest BCUT2D eigenvalue weighted by Crippen LogP contribution is -2.17. The predicted octanol–water partition coefficient (Wildman–Crippen LogP) is 2.73. The van der Waals surface area contributed by atoms with Gasteiger partial charge in [-0.15, -0.1) is 12.4 Å². The molecule has 1 aromatic rings. The number of nitrogens with two attached hydrogens (primary N) is 1. The highest BCUT2D eigenvalue weighted by molar-refractivity contribution is 6.33. The van der Waals surface area contributed by atoms with E-state index < -0.39 is 6.04 Å². The van der Waals surface area contributed by atoms with Gasteiger partial charge in [-0.25, -0.2) is 0 Å². The van der Waals surface area contributed by atoms with Gasteiger partial charge < -0.3 is 19.9 Å². The molecule has 0 unspecified atom stereocenters. The zero-order valence-electron chi connectivity index (χ0n) is 11.6. The third-order valence-corrected chi connectivity index (χ3v) is 3.00. The quantitative estimate of drug-likeness (QED) is 0.815. The van der Waals surface area contributed by atoms with Crippen LogP contribution in [0.3, 0.4) is 0 Å². The number of esters is 1. The predicted molar refractivity (Wildman–Crippen MR) is 80.0 cm³/mol. The Morgan fingerprint density at radius 3 is 2.50 bits per heavy atom. The Labute approximate surface area is 129 Å². The Hall–Kier alpha value is -1.17. The zero-order valence-corrected chi connectivity index (χ0v) is 13.2. The van der Waals surface area contributed by atoms with Crippen molar-refractivity contribution in [1.82, 2.24) is 0 Å². The molecule has 0 aliphatic heterocycles. The van der Waals surface area contributed by atoms with E-state index in [4.69, 9.17) is 31.5 Å². The summed E-state index contributed by atoms with van der Waals surface area (Å²) in [5.41, 5.74) is 6.58. The lowest BCUT2D eigenvalue weighted by atomic mass is 10.0. The fourth-order valence-electron chi connectivity index (χ4n) is 1.70. The topological polar surface area (TPSA) is 70.8 Å². The smallest absolute Gasteiger partial charge is 0.307 e. The molecule has 1 rings (SSSR count). The Kier molecular flexibility index (Phi) is 8.37. The highest BCUT2D eigenvalue weighted by atomic mass is 35.5. The summed E-state index contributed by atoms with van der Waals surface area (Å²) in [5.74, 6) is 0.557. The third kappa shape index (κ3) is 4.44. The molecular formula is C13H19Cl2NO4. The summed E-state index contributed by atoms with van der Waals surface area (Å²) in [6, 6.07) is 2.87. The molecule has 0 saturated carbocycles. The molecule has 114 valence electrons. The molecule has 2 N–H and O–H groups in total. The van der Waals surface area contributed by atoms with Gasteiger partial charge in [-0.05, 0) is 18.6 Å². The lowest BCUT2D eigenvalue weighted by Gasteiger charge is -2.17. The molecule has 0 fully saturated rings. The molecule has 0 saturated heterocycles. The van der Waals surface area contributed by atoms with Crippen LogP contribution in [-0.4, -0.2) is 26.8 Å². The Morgan fingerprint density at radius 2 is 2.00 bits per heavy atom. The molecule has 0 heterocycles. The lowest BCUT2D eigenvalue weighted by molar-refractivity contribution is -0.143. The summed E-state index contributed by atoms with van der Waals surface area (Å²) in [7, 11) is 3.01. The molecule has 1 aromatic carbocycles. The number of hydrogen-bond acceptors (Lipinski definition) is 5. The fraction of sp³-hybridized carbons (Fsp3) is 0.462. The average molecular weight is 324 g/mol. The fourth-order valence-corrected chi connectivity index (χ4v) is 2.07. The van der Waals surface area contributed by atoms with Crippen LogP contribution in [0.25, 0.3) is 0 Å². The first-order chi connectivity index (χ1) is 9.04. The monoisotopic (exact) mass is 323 g/mol. The number of rotatable bonds is 6. The zero-order chi connectivity index (χ0) is 14.4. The number of hydrogen-bond donors (Lipinski definition) is 1. The van der Waals surface area contributed by atoms with Crippen LogP contribution in [0, 0.1) is 0 Å². The van der Waals surface area contributed by atoms with E-state index in [1.807, 2.05) is 0 Å². The maximum Gasteiger partial charge on any atom is 0.307 e. The van der Waals surface area contributed by atoms with Crippen LogP contribution in [-0.2, 0) is 9.53 Å². The molecule has 0 amide bonds. The van der Waals surface area contributed by atoms with Crippen molar-refractivity contribution in [3.63, 3.8) is 0 Å². The van der Waals surface area contributed by atoms with E-state index in [0.29, 0.717) is 28.7 Å². The van der Waals surface area contributed by atoms with E-state index in [9.17, 15) is 4.79 Å². The van der Waals surface area contributed by atoms with Gasteiger partial charge in [-0.2, -0.15) is 0 Å². The second-order valence-corrected chi connectivity index (χ2v) is 4.20. The molecule has 5 nitrogen and oxygen atoms in total. The number of halogens is 2. The maximum absolute atomic E-state index is 11.4. The number of ether oxygens (including phenoxy) is 3. The molecule has 0 aromatic heterocycles. The molecule has 0 aliphatic carbocycles. The van der Waals surface area contributed by atoms with Crippen molar-refractivity contribution in [3.8, 4) is 11.5 Å². The van der Waals surface area contributed by atoms with Gasteiger partial charge in [0.05, 0.1) is 32.3 Å². The van der Waals surface area contributed by atoms with E-state index in [1.165, 1.54) is 14.2 Å². The van der Waals surface area contributed by atoms with Crippen LogP contribution >= 0.6 is 24.0 Å². The summed E-state index contributed by atoms with van der Waals surface area (Å²) in [4.78, 5) is 11.4. The molecule has 20 heavy (non-hydrogen) atoms. The summed E-state index contributed by atoms with van der Waals surface area (Å²) in [6.07, 6.45) is 0.0586. The first-order valence-corrected chi connectivity index (χ1v) is 6.24. The van der Waals surface area contributed by atoms with Gasteiger partial charge in [0.1, 0.15) is 0 Å². The van der Waals surface area contributed by atoms with Crippen molar-refractivity contribution in [1.29, 1.82) is 0 Å². The van der Waals surface area contributed by atoms with Gasteiger partial charge in [-0.1, -0.05) is 17.7 Å². The van der Waals surface area contributed by atoms with E-state index >= 15 is 0 Å². The number of carbonyl (C=O) groups excluding carboxylic acids is 1. The third-order valence-electron chi connectivity index (χ3n) is 2.61. The number of benzene rings is 1. The van der Waals surface area contributed by atoms with Crippen molar-refractivity contribution in [2.45, 2.75) is 19.4 Å². The summed E-state index contributed by atoms with van der Waals surface area (Å²) < 4.78 is 15.2. The van der Waals surface area contributed by atoms with Crippen LogP contribution in [0.2, 0.25) is 5.02 Å². The number of carbonyl (C=O) groups is 1. The Morgan fingerprint density at radius 1 is 1.35 bits per heavy atom. The van der Waals surface area contributed by atoms with Gasteiger partial charge in [0.2, 0.25) is 0 Å². The molecule has 0 spiro atoms. The SMILES string of the molecule is CCOC(=O)C[C@H](N)c1ccc(OC)c(OC)c1Cl.Cl. The Bertz CT molecular complexity index is 454. The van der Waals surface area contributed by atoms with Crippen LogP contribution in [0.5, 0.6) is 11.5 Å². The van der Waals surface area contributed by atoms with E-state index in [2.05, 4.69) is 0 Å². The minimum Gasteiger partial charge on any atom is -0.493 e. The largest absolute Gasteiger partial charge is 0.493 e. The van der Waals surface area contributed by atoms with Crippen LogP contribution in [0.1, 0.15) is 24.9 Å². The van der Waals surface area contributed by atoms with Crippen LogP contribution in [0.15, 0.2) is 12.1 Å². The standard InChI is InChI=1S/C13H18ClNO4.ClH/c1-4-19-11(16)7-9(15)8-5-6-10(17-2)13(18-3)12(8)14;/h5-6,9H,4,7,15H2,1-3H3;1H/t9-;/m0./s1. The minimum atomic E-state index is -0.550. The van der Waals surface area contributed by atoms with Crippen LogP contribution < -0.4 is 15.2 Å². The minimum absolute atomic E-state index is 0. The molecule has 0 aliphatic rings. The van der Waals surface area contributed by atoms with Gasteiger partial charge in [0.25, 0.3) is 0 Å². The first-order valence-electron chi connectivity index (χ1n) is 5.86. The van der Waals surface area contributed by atoms with Gasteiger partial charge in [0, 0.05) is 6.04 Å². The second kappa shape index (κ2) is 8.89. The average Bonchev–Trinajstić information content (AvgIpc) is 2.38. The van der Waals surface area contributed by atoms with Crippen molar-refractivity contribution in [2.75, 3.05) is 20.8 Å². The normalized spacial score (nSPS) is 11.2. The van der Waals surface area contributed by atoms with E-state index in [-0.39, 0.29) is 24.8 Å². The molecule has 1 atom stereocenters. The molecule has 0 radical (unpaired) electrons. The molecule has 0 bridgehead atoms. The van der Waals surface area contributed by atoms with Crippen molar-refractivity contribution in [3.05, 3.63) is 22.7 Å². The van der Waals surface area contributed by atoms with E-state index in [0.717, 1.165) is 0 Å². The van der Waals surface area contributed by atoms with Gasteiger partial charge >= 0.3 is 5.97 Å². The van der Waals surface area contributed by atoms with Crippen molar-refractivity contribution in [2.24, 2.45) is 5.73 Å². The highest BCUT2D eigenvalue weighted by Gasteiger charge is 2.20. The van der Waals surface area contributed by atoms with Gasteiger partial charge in [-0.3, -0.25) is 4.79 Å². The summed E-state index contributed by atoms with van der Waals surface area (Å²) >= 11 is 6.21. The van der Waals surface area contributed by atoms with Gasteiger partial charge in [0.15, 0.2) is 11.5 Å². The molecule has 7 heteroatoms. The van der Waals surface area contributed by atoms with Crippen LogP contribution in [0.4, 0.5) is 0 Å². The second-order valence-electron chi connectivity index (χ2n) is 3.82. The maximum atomic E-state index is 11.4. The number of methoxy groups -OCH3 is 2. The molecular weight excluding hydrogens is 305 g/mol. The first kappa shape index (κ1) is 18.8. The van der Waals surface area contributed by atoms with Crippen molar-refractivity contribution >= 4 is 30.0 Å².